The van der Waals surface area contributed by atoms with Gasteiger partial charge in [-0.3, -0.25) is 14.3 Å². The smallest absolute Gasteiger partial charge is 0.348 e. The van der Waals surface area contributed by atoms with E-state index < -0.39 is 11.9 Å². The van der Waals surface area contributed by atoms with Gasteiger partial charge >= 0.3 is 6.18 Å². The summed E-state index contributed by atoms with van der Waals surface area (Å²) in [5.74, 6) is 0.670. The molecule has 0 bridgehead atoms. The number of halogens is 3. The number of hydrogen-bond donors (Lipinski definition) is 2. The Hall–Kier alpha value is -3.38. The number of carbonyl (C=O) groups excluding carboxylic acids is 2. The van der Waals surface area contributed by atoms with Gasteiger partial charge in [0.25, 0.3) is 0 Å². The predicted molar refractivity (Wildman–Crippen MR) is 114 cm³/mol. The highest BCUT2D eigenvalue weighted by Crippen LogP contribution is 2.34. The maximum absolute atomic E-state index is 12.7. The van der Waals surface area contributed by atoms with Crippen LogP contribution < -0.4 is 15.5 Å². The van der Waals surface area contributed by atoms with E-state index in [0.29, 0.717) is 36.2 Å². The zero-order valence-corrected chi connectivity index (χ0v) is 18.6. The molecule has 0 spiro atoms. The molecule has 33 heavy (non-hydrogen) atoms. The molecular weight excluding hydrogens is 441 g/mol. The number of hydrogen-bond acceptors (Lipinski definition) is 7. The summed E-state index contributed by atoms with van der Waals surface area (Å²) in [5.41, 5.74) is 0.170. The molecule has 0 aliphatic carbocycles. The van der Waals surface area contributed by atoms with Crippen LogP contribution in [0.3, 0.4) is 0 Å². The Morgan fingerprint density at radius 3 is 2.61 bits per heavy atom. The van der Waals surface area contributed by atoms with Crippen molar-refractivity contribution in [2.75, 3.05) is 35.7 Å². The lowest BCUT2D eigenvalue weighted by Gasteiger charge is -2.40. The fourth-order valence-corrected chi connectivity index (χ4v) is 4.07. The Balaban J connectivity index is 1.37. The van der Waals surface area contributed by atoms with Crippen LogP contribution in [0.25, 0.3) is 0 Å². The van der Waals surface area contributed by atoms with Crippen molar-refractivity contribution < 1.29 is 22.8 Å². The van der Waals surface area contributed by atoms with Gasteiger partial charge in [-0.1, -0.05) is 13.8 Å². The number of carbonyl (C=O) groups is 2. The lowest BCUT2D eigenvalue weighted by atomic mass is 9.99. The second-order valence-corrected chi connectivity index (χ2v) is 8.66. The van der Waals surface area contributed by atoms with Crippen molar-refractivity contribution >= 4 is 29.3 Å². The molecule has 1 saturated heterocycles. The molecule has 0 radical (unpaired) electrons. The summed E-state index contributed by atoms with van der Waals surface area (Å²) in [6.07, 6.45) is -3.40. The summed E-state index contributed by atoms with van der Waals surface area (Å²) in [5, 5.41) is 9.49. The SMILES string of the molecule is Cc1nc(NC2CN(C(=O)Cn3ccc(C(F)(F)F)n3)C2)nc2c1NC(=O)[C@H](C(C)C)N2C. The van der Waals surface area contributed by atoms with E-state index in [1.54, 1.807) is 6.92 Å². The van der Waals surface area contributed by atoms with Crippen molar-refractivity contribution in [2.45, 2.75) is 45.6 Å². The third kappa shape index (κ3) is 4.44. The summed E-state index contributed by atoms with van der Waals surface area (Å²) in [4.78, 5) is 37.1. The van der Waals surface area contributed by atoms with Crippen molar-refractivity contribution in [1.29, 1.82) is 0 Å². The molecule has 2 aliphatic rings. The van der Waals surface area contributed by atoms with E-state index in [-0.39, 0.29) is 36.4 Å². The van der Waals surface area contributed by atoms with Crippen LogP contribution in [0.2, 0.25) is 0 Å². The first-order valence-corrected chi connectivity index (χ1v) is 10.5. The quantitative estimate of drug-likeness (QED) is 0.691. The minimum Gasteiger partial charge on any atom is -0.348 e. The number of aromatic nitrogens is 4. The largest absolute Gasteiger partial charge is 0.435 e. The van der Waals surface area contributed by atoms with E-state index in [2.05, 4.69) is 25.7 Å². The minimum absolute atomic E-state index is 0.0861. The van der Waals surface area contributed by atoms with E-state index >= 15 is 0 Å². The van der Waals surface area contributed by atoms with E-state index in [0.717, 1.165) is 16.9 Å². The lowest BCUT2D eigenvalue weighted by Crippen LogP contribution is -2.58. The highest BCUT2D eigenvalue weighted by molar-refractivity contribution is 6.03. The maximum atomic E-state index is 12.7. The number of likely N-dealkylation sites (tertiary alicyclic amines) is 1. The van der Waals surface area contributed by atoms with Crippen LogP contribution in [-0.4, -0.2) is 68.7 Å². The molecule has 2 aliphatic heterocycles. The highest BCUT2D eigenvalue weighted by Gasteiger charge is 2.37. The first kappa shape index (κ1) is 22.8. The molecular formula is C20H25F3N8O2. The number of likely N-dealkylation sites (N-methyl/N-ethyl adjacent to an activating group) is 1. The zero-order chi connectivity index (χ0) is 24.1. The number of nitrogens with one attached hydrogen (secondary N) is 2. The van der Waals surface area contributed by atoms with E-state index in [1.165, 1.54) is 4.90 Å². The van der Waals surface area contributed by atoms with E-state index in [1.807, 2.05) is 25.8 Å². The third-order valence-corrected chi connectivity index (χ3v) is 5.77. The number of amides is 2. The molecule has 10 nitrogen and oxygen atoms in total. The number of fused-ring (bicyclic) bond motifs is 1. The number of alkyl halides is 3. The van der Waals surface area contributed by atoms with Gasteiger partial charge in [-0.15, -0.1) is 0 Å². The monoisotopic (exact) mass is 466 g/mol. The summed E-state index contributed by atoms with van der Waals surface area (Å²) in [7, 11) is 1.82. The molecule has 2 N–H and O–H groups in total. The van der Waals surface area contributed by atoms with Crippen molar-refractivity contribution in [1.82, 2.24) is 24.6 Å². The summed E-state index contributed by atoms with van der Waals surface area (Å²) < 4.78 is 39.0. The van der Waals surface area contributed by atoms with Crippen LogP contribution >= 0.6 is 0 Å². The zero-order valence-electron chi connectivity index (χ0n) is 18.6. The lowest BCUT2D eigenvalue weighted by molar-refractivity contribution is -0.142. The van der Waals surface area contributed by atoms with Crippen molar-refractivity contribution in [2.24, 2.45) is 5.92 Å². The van der Waals surface area contributed by atoms with E-state index in [4.69, 9.17) is 0 Å². The van der Waals surface area contributed by atoms with Crippen LogP contribution in [-0.2, 0) is 22.3 Å². The van der Waals surface area contributed by atoms with Gasteiger partial charge in [0.15, 0.2) is 11.5 Å². The van der Waals surface area contributed by atoms with Crippen LogP contribution in [0.5, 0.6) is 0 Å². The van der Waals surface area contributed by atoms with Gasteiger partial charge < -0.3 is 20.4 Å². The van der Waals surface area contributed by atoms with E-state index in [9.17, 15) is 22.8 Å². The standard InChI is InChI=1S/C20H25F3N8O2/c1-10(2)16-18(33)26-15-11(3)24-19(27-17(15)29(16)4)25-12-7-30(8-12)14(32)9-31-6-5-13(28-31)20(21,22)23/h5-6,10,12,16H,7-9H2,1-4H3,(H,26,33)(H,24,25,27)/t16-/m0/s1. The molecule has 13 heteroatoms. The van der Waals surface area contributed by atoms with Gasteiger partial charge in [-0.05, 0) is 18.9 Å². The fraction of sp³-hybridized carbons (Fsp3) is 0.550. The summed E-state index contributed by atoms with van der Waals surface area (Å²) >= 11 is 0. The average molecular weight is 466 g/mol. The van der Waals surface area contributed by atoms with Gasteiger partial charge in [-0.2, -0.15) is 23.3 Å². The summed E-state index contributed by atoms with van der Waals surface area (Å²) in [6.45, 7) is 6.18. The molecule has 0 unspecified atom stereocenters. The Labute approximate surface area is 188 Å². The van der Waals surface area contributed by atoms with Gasteiger partial charge in [0.05, 0.1) is 11.7 Å². The fourth-order valence-electron chi connectivity index (χ4n) is 4.07. The van der Waals surface area contributed by atoms with Crippen LogP contribution in [0.4, 0.5) is 30.6 Å². The van der Waals surface area contributed by atoms with Gasteiger partial charge in [0.2, 0.25) is 17.8 Å². The van der Waals surface area contributed by atoms with Crippen molar-refractivity contribution in [3.8, 4) is 0 Å². The maximum Gasteiger partial charge on any atom is 0.435 e. The number of aryl methyl sites for hydroxylation is 1. The minimum atomic E-state index is -4.54. The topological polar surface area (TPSA) is 108 Å². The Kier molecular flexibility index (Phi) is 5.66. The van der Waals surface area contributed by atoms with Crippen LogP contribution in [0, 0.1) is 12.8 Å². The first-order valence-electron chi connectivity index (χ1n) is 10.5. The van der Waals surface area contributed by atoms with Gasteiger partial charge in [0.1, 0.15) is 18.3 Å². The molecule has 1 fully saturated rings. The predicted octanol–water partition coefficient (Wildman–Crippen LogP) is 1.74. The molecule has 0 saturated carbocycles. The summed E-state index contributed by atoms with van der Waals surface area (Å²) in [6, 6.07) is 0.392. The number of rotatable bonds is 5. The van der Waals surface area contributed by atoms with Crippen LogP contribution in [0.1, 0.15) is 25.2 Å². The molecule has 1 atom stereocenters. The third-order valence-electron chi connectivity index (χ3n) is 5.77. The highest BCUT2D eigenvalue weighted by atomic mass is 19.4. The van der Waals surface area contributed by atoms with Gasteiger partial charge in [-0.25, -0.2) is 4.98 Å². The second-order valence-electron chi connectivity index (χ2n) is 8.66. The number of nitrogens with zero attached hydrogens (tertiary/aromatic N) is 6. The second kappa shape index (κ2) is 8.19. The van der Waals surface area contributed by atoms with Crippen LogP contribution in [0.15, 0.2) is 12.3 Å². The molecule has 4 heterocycles. The van der Waals surface area contributed by atoms with Crippen molar-refractivity contribution in [3.63, 3.8) is 0 Å². The molecule has 2 aromatic heterocycles. The molecule has 2 aromatic rings. The Morgan fingerprint density at radius 1 is 1.30 bits per heavy atom. The molecule has 2 amide bonds. The number of anilines is 3. The Bertz CT molecular complexity index is 1080. The molecule has 0 aromatic carbocycles. The molecule has 178 valence electrons. The molecule has 4 rings (SSSR count). The normalized spacial score (nSPS) is 18.8. The first-order chi connectivity index (χ1) is 15.4. The average Bonchev–Trinajstić information content (AvgIpc) is 3.14. The van der Waals surface area contributed by atoms with Crippen molar-refractivity contribution in [3.05, 3.63) is 23.7 Å². The Morgan fingerprint density at radius 2 is 2.00 bits per heavy atom. The van der Waals surface area contributed by atoms with Gasteiger partial charge in [0, 0.05) is 26.3 Å².